The Morgan fingerprint density at radius 2 is 1.73 bits per heavy atom. The van der Waals surface area contributed by atoms with Crippen LogP contribution in [0.25, 0.3) is 0 Å². The van der Waals surface area contributed by atoms with Crippen molar-refractivity contribution < 1.29 is 13.2 Å². The molecule has 0 saturated carbocycles. The standard InChI is InChI=1S/C23H29ClN2O3S/c1-4-22(19-10-9-17-7-5-6-8-18(17)15-19)25-23(27)16(2)26(30(3,28)29)21-13-11-20(24)12-14-21/h9-16,22H,4-8H2,1-3H3,(H,25,27)/t16-,22+/m0/s1. The summed E-state index contributed by atoms with van der Waals surface area (Å²) in [6, 6.07) is 11.8. The molecule has 0 unspecified atom stereocenters. The number of hydrogen-bond donors (Lipinski definition) is 1. The van der Waals surface area contributed by atoms with E-state index in [1.165, 1.54) is 24.0 Å². The second-order valence-corrected chi connectivity index (χ2v) is 10.2. The molecule has 2 aromatic carbocycles. The van der Waals surface area contributed by atoms with E-state index in [0.29, 0.717) is 10.7 Å². The van der Waals surface area contributed by atoms with E-state index in [1.54, 1.807) is 31.2 Å². The van der Waals surface area contributed by atoms with Gasteiger partial charge in [0.2, 0.25) is 15.9 Å². The first-order valence-electron chi connectivity index (χ1n) is 10.4. The van der Waals surface area contributed by atoms with E-state index in [2.05, 4.69) is 23.5 Å². The van der Waals surface area contributed by atoms with Gasteiger partial charge in [-0.1, -0.05) is 36.7 Å². The Morgan fingerprint density at radius 1 is 1.10 bits per heavy atom. The number of fused-ring (bicyclic) bond motifs is 1. The van der Waals surface area contributed by atoms with E-state index in [1.807, 2.05) is 6.92 Å². The smallest absolute Gasteiger partial charge is 0.244 e. The molecule has 7 heteroatoms. The summed E-state index contributed by atoms with van der Waals surface area (Å²) >= 11 is 5.93. The average Bonchev–Trinajstić information content (AvgIpc) is 2.72. The first kappa shape index (κ1) is 22.6. The number of halogens is 1. The van der Waals surface area contributed by atoms with Gasteiger partial charge in [0.15, 0.2) is 0 Å². The number of nitrogens with zero attached hydrogens (tertiary/aromatic N) is 1. The van der Waals surface area contributed by atoms with Crippen LogP contribution in [0.3, 0.4) is 0 Å². The van der Waals surface area contributed by atoms with Crippen molar-refractivity contribution in [2.45, 2.75) is 58.0 Å². The van der Waals surface area contributed by atoms with Gasteiger partial charge in [0.05, 0.1) is 18.0 Å². The highest BCUT2D eigenvalue weighted by atomic mass is 35.5. The Labute approximate surface area is 184 Å². The molecule has 0 bridgehead atoms. The maximum Gasteiger partial charge on any atom is 0.244 e. The third kappa shape index (κ3) is 5.16. The Balaban J connectivity index is 1.82. The fraction of sp³-hybridized carbons (Fsp3) is 0.435. The Morgan fingerprint density at radius 3 is 2.33 bits per heavy atom. The highest BCUT2D eigenvalue weighted by Crippen LogP contribution is 2.27. The van der Waals surface area contributed by atoms with Crippen molar-refractivity contribution in [2.24, 2.45) is 0 Å². The lowest BCUT2D eigenvalue weighted by Crippen LogP contribution is -2.48. The molecule has 1 N–H and O–H groups in total. The number of rotatable bonds is 7. The molecule has 5 nitrogen and oxygen atoms in total. The molecular formula is C23H29ClN2O3S. The number of carbonyl (C=O) groups is 1. The van der Waals surface area contributed by atoms with Crippen molar-refractivity contribution >= 4 is 33.2 Å². The average molecular weight is 449 g/mol. The van der Waals surface area contributed by atoms with Gasteiger partial charge in [0.1, 0.15) is 6.04 Å². The van der Waals surface area contributed by atoms with Crippen LogP contribution in [0.15, 0.2) is 42.5 Å². The minimum absolute atomic E-state index is 0.168. The molecule has 0 aliphatic heterocycles. The van der Waals surface area contributed by atoms with Gasteiger partial charge in [-0.2, -0.15) is 0 Å². The van der Waals surface area contributed by atoms with Gasteiger partial charge in [-0.15, -0.1) is 0 Å². The van der Waals surface area contributed by atoms with Gasteiger partial charge >= 0.3 is 0 Å². The predicted molar refractivity (Wildman–Crippen MR) is 122 cm³/mol. The zero-order valence-corrected chi connectivity index (χ0v) is 19.3. The predicted octanol–water partition coefficient (Wildman–Crippen LogP) is 4.64. The van der Waals surface area contributed by atoms with Crippen LogP contribution >= 0.6 is 11.6 Å². The van der Waals surface area contributed by atoms with E-state index in [9.17, 15) is 13.2 Å². The molecule has 1 aliphatic rings. The van der Waals surface area contributed by atoms with E-state index < -0.39 is 16.1 Å². The van der Waals surface area contributed by atoms with Gasteiger partial charge in [-0.25, -0.2) is 8.42 Å². The van der Waals surface area contributed by atoms with E-state index in [0.717, 1.165) is 35.4 Å². The molecule has 30 heavy (non-hydrogen) atoms. The van der Waals surface area contributed by atoms with E-state index in [-0.39, 0.29) is 11.9 Å². The van der Waals surface area contributed by atoms with Crippen molar-refractivity contribution in [1.29, 1.82) is 0 Å². The Kier molecular flexibility index (Phi) is 7.09. The summed E-state index contributed by atoms with van der Waals surface area (Å²) in [6.45, 7) is 3.62. The molecule has 0 spiro atoms. The summed E-state index contributed by atoms with van der Waals surface area (Å²) in [5, 5.41) is 3.55. The Hall–Kier alpha value is -2.05. The van der Waals surface area contributed by atoms with Crippen molar-refractivity contribution in [2.75, 3.05) is 10.6 Å². The van der Waals surface area contributed by atoms with Gasteiger partial charge in [0.25, 0.3) is 0 Å². The molecule has 0 saturated heterocycles. The summed E-state index contributed by atoms with van der Waals surface area (Å²) in [6.07, 6.45) is 6.43. The quantitative estimate of drug-likeness (QED) is 0.670. The van der Waals surface area contributed by atoms with E-state index >= 15 is 0 Å². The molecular weight excluding hydrogens is 420 g/mol. The molecule has 0 radical (unpaired) electrons. The van der Waals surface area contributed by atoms with Crippen LogP contribution in [-0.4, -0.2) is 26.6 Å². The van der Waals surface area contributed by atoms with Crippen LogP contribution in [-0.2, 0) is 27.7 Å². The van der Waals surface area contributed by atoms with Gasteiger partial charge in [-0.05, 0) is 80.0 Å². The lowest BCUT2D eigenvalue weighted by Gasteiger charge is -2.30. The zero-order valence-electron chi connectivity index (χ0n) is 17.7. The maximum atomic E-state index is 13.1. The van der Waals surface area contributed by atoms with Gasteiger partial charge < -0.3 is 5.32 Å². The van der Waals surface area contributed by atoms with Crippen molar-refractivity contribution in [3.05, 3.63) is 64.2 Å². The van der Waals surface area contributed by atoms with Crippen molar-refractivity contribution in [3.63, 3.8) is 0 Å². The molecule has 2 aromatic rings. The third-order valence-electron chi connectivity index (χ3n) is 5.67. The summed E-state index contributed by atoms with van der Waals surface area (Å²) in [7, 11) is -3.66. The molecule has 0 heterocycles. The molecule has 1 aliphatic carbocycles. The first-order chi connectivity index (χ1) is 14.2. The fourth-order valence-electron chi connectivity index (χ4n) is 4.08. The number of nitrogens with one attached hydrogen (secondary N) is 1. The molecule has 0 aromatic heterocycles. The Bertz CT molecular complexity index is 1010. The molecule has 0 fully saturated rings. The minimum atomic E-state index is -3.66. The van der Waals surface area contributed by atoms with Crippen molar-refractivity contribution in [3.8, 4) is 0 Å². The number of hydrogen-bond acceptors (Lipinski definition) is 3. The molecule has 1 amide bonds. The van der Waals surface area contributed by atoms with Crippen LogP contribution < -0.4 is 9.62 Å². The maximum absolute atomic E-state index is 13.1. The highest BCUT2D eigenvalue weighted by Gasteiger charge is 2.30. The summed E-state index contributed by atoms with van der Waals surface area (Å²) in [4.78, 5) is 13.1. The molecule has 3 rings (SSSR count). The number of anilines is 1. The van der Waals surface area contributed by atoms with Gasteiger partial charge in [0, 0.05) is 5.02 Å². The lowest BCUT2D eigenvalue weighted by molar-refractivity contribution is -0.122. The van der Waals surface area contributed by atoms with Crippen LogP contribution in [0.1, 0.15) is 55.8 Å². The SMILES string of the molecule is CC[C@@H](NC(=O)[C@H](C)N(c1ccc(Cl)cc1)S(C)(=O)=O)c1ccc2c(c1)CCCC2. The molecule has 2 atom stereocenters. The second-order valence-electron chi connectivity index (χ2n) is 7.92. The monoisotopic (exact) mass is 448 g/mol. The second kappa shape index (κ2) is 9.40. The van der Waals surface area contributed by atoms with Crippen LogP contribution in [0.4, 0.5) is 5.69 Å². The topological polar surface area (TPSA) is 66.5 Å². The lowest BCUT2D eigenvalue weighted by atomic mass is 9.88. The van der Waals surface area contributed by atoms with Crippen LogP contribution in [0, 0.1) is 0 Å². The first-order valence-corrected chi connectivity index (χ1v) is 12.6. The van der Waals surface area contributed by atoms with E-state index in [4.69, 9.17) is 11.6 Å². The largest absolute Gasteiger partial charge is 0.347 e. The fourth-order valence-corrected chi connectivity index (χ4v) is 5.38. The third-order valence-corrected chi connectivity index (χ3v) is 7.16. The number of aryl methyl sites for hydroxylation is 2. The number of sulfonamides is 1. The minimum Gasteiger partial charge on any atom is -0.347 e. The summed E-state index contributed by atoms with van der Waals surface area (Å²) in [5.74, 6) is -0.333. The normalized spacial score (nSPS) is 15.7. The number of amides is 1. The number of benzene rings is 2. The van der Waals surface area contributed by atoms with Gasteiger partial charge in [-0.3, -0.25) is 9.10 Å². The zero-order chi connectivity index (χ0) is 21.9. The summed E-state index contributed by atoms with van der Waals surface area (Å²) < 4.78 is 26.1. The van der Waals surface area contributed by atoms with Crippen LogP contribution in [0.5, 0.6) is 0 Å². The van der Waals surface area contributed by atoms with Crippen LogP contribution in [0.2, 0.25) is 5.02 Å². The summed E-state index contributed by atoms with van der Waals surface area (Å²) in [5.41, 5.74) is 4.23. The molecule has 162 valence electrons. The highest BCUT2D eigenvalue weighted by molar-refractivity contribution is 7.92. The number of carbonyl (C=O) groups excluding carboxylic acids is 1. The van der Waals surface area contributed by atoms with Crippen molar-refractivity contribution in [1.82, 2.24) is 5.32 Å².